The number of carbonyl (C=O) groups excluding carboxylic acids is 2. The maximum Gasteiger partial charge on any atom is 0.485 e. The molecule has 0 aliphatic heterocycles. The Kier molecular flexibility index (Phi) is 4.44. The summed E-state index contributed by atoms with van der Waals surface area (Å²) in [5.74, 6) is 0.541. The molecule has 1 amide bonds. The molecule has 0 unspecified atom stereocenters. The highest BCUT2D eigenvalue weighted by molar-refractivity contribution is 8.13. The summed E-state index contributed by atoms with van der Waals surface area (Å²) in [5.41, 5.74) is 0. The zero-order valence-corrected chi connectivity index (χ0v) is 7.01. The summed E-state index contributed by atoms with van der Waals surface area (Å²) < 4.78 is 0. The Labute approximate surface area is 68.3 Å². The van der Waals surface area contributed by atoms with Crippen LogP contribution in [-0.4, -0.2) is 29.3 Å². The molecule has 0 aliphatic carbocycles. The van der Waals surface area contributed by atoms with Gasteiger partial charge in [-0.15, -0.1) is 5.06 Å². The first kappa shape index (κ1) is 10.1. The summed E-state index contributed by atoms with van der Waals surface area (Å²) in [6.07, 6.45) is -1.55. The summed E-state index contributed by atoms with van der Waals surface area (Å²) in [6, 6.07) is 0. The van der Waals surface area contributed by atoms with Crippen LogP contribution in [0.25, 0.3) is 0 Å². The zero-order chi connectivity index (χ0) is 8.85. The Morgan fingerprint density at radius 3 is 2.45 bits per heavy atom. The Hall–Kier alpha value is -0.910. The molecule has 11 heavy (non-hydrogen) atoms. The van der Waals surface area contributed by atoms with Crippen LogP contribution in [0.2, 0.25) is 0 Å². The van der Waals surface area contributed by atoms with Crippen LogP contribution in [0.3, 0.4) is 0 Å². The maximum atomic E-state index is 10.6. The number of hydrogen-bond donors (Lipinski definition) is 0. The van der Waals surface area contributed by atoms with Crippen molar-refractivity contribution < 1.29 is 19.5 Å². The molecule has 63 valence electrons. The third kappa shape index (κ3) is 4.49. The zero-order valence-electron chi connectivity index (χ0n) is 6.20. The standard InChI is InChI=1S/C5H8NO4S/c1-3-11-5(9)10-6(2)4(7)8/h3H2,1-2H3. The van der Waals surface area contributed by atoms with Gasteiger partial charge in [0.25, 0.3) is 0 Å². The van der Waals surface area contributed by atoms with Crippen LogP contribution < -0.4 is 0 Å². The first-order chi connectivity index (χ1) is 5.07. The van der Waals surface area contributed by atoms with E-state index in [9.17, 15) is 14.7 Å². The van der Waals surface area contributed by atoms with E-state index in [2.05, 4.69) is 4.84 Å². The molecular weight excluding hydrogens is 170 g/mol. The summed E-state index contributed by atoms with van der Waals surface area (Å²) >= 11 is 0.883. The lowest BCUT2D eigenvalue weighted by Crippen LogP contribution is -2.25. The lowest BCUT2D eigenvalue weighted by Gasteiger charge is -2.08. The van der Waals surface area contributed by atoms with E-state index in [1.807, 2.05) is 0 Å². The fourth-order valence-corrected chi connectivity index (χ4v) is 0.693. The summed E-state index contributed by atoms with van der Waals surface area (Å²) in [4.78, 5) is 24.8. The van der Waals surface area contributed by atoms with Gasteiger partial charge in [-0.2, -0.15) is 0 Å². The second kappa shape index (κ2) is 4.84. The minimum Gasteiger partial charge on any atom is -0.324 e. The Morgan fingerprint density at radius 1 is 1.55 bits per heavy atom. The van der Waals surface area contributed by atoms with Crippen LogP contribution in [0.15, 0.2) is 0 Å². The third-order valence-corrected chi connectivity index (χ3v) is 1.33. The monoisotopic (exact) mass is 178 g/mol. The molecule has 5 nitrogen and oxygen atoms in total. The van der Waals surface area contributed by atoms with E-state index in [1.165, 1.54) is 0 Å². The van der Waals surface area contributed by atoms with Crippen molar-refractivity contribution in [1.29, 1.82) is 0 Å². The number of thioether (sulfide) groups is 1. The van der Waals surface area contributed by atoms with Gasteiger partial charge >= 0.3 is 11.4 Å². The van der Waals surface area contributed by atoms with Gasteiger partial charge in [0.2, 0.25) is 0 Å². The van der Waals surface area contributed by atoms with Gasteiger partial charge < -0.3 is 4.84 Å². The van der Waals surface area contributed by atoms with Crippen LogP contribution in [-0.2, 0) is 9.94 Å². The van der Waals surface area contributed by atoms with Crippen LogP contribution >= 0.6 is 11.8 Å². The summed E-state index contributed by atoms with van der Waals surface area (Å²) in [5, 5.41) is 9.67. The van der Waals surface area contributed by atoms with E-state index in [0.29, 0.717) is 10.8 Å². The van der Waals surface area contributed by atoms with E-state index >= 15 is 0 Å². The molecule has 1 radical (unpaired) electrons. The van der Waals surface area contributed by atoms with Crippen molar-refractivity contribution in [3.63, 3.8) is 0 Å². The average molecular weight is 178 g/mol. The van der Waals surface area contributed by atoms with Crippen LogP contribution in [0, 0.1) is 0 Å². The van der Waals surface area contributed by atoms with Crippen molar-refractivity contribution in [2.45, 2.75) is 6.92 Å². The van der Waals surface area contributed by atoms with E-state index < -0.39 is 11.4 Å². The molecule has 0 atom stereocenters. The molecule has 0 rings (SSSR count). The van der Waals surface area contributed by atoms with E-state index in [4.69, 9.17) is 0 Å². The van der Waals surface area contributed by atoms with Gasteiger partial charge in [0.15, 0.2) is 0 Å². The summed E-state index contributed by atoms with van der Waals surface area (Å²) in [7, 11) is 1.09. The predicted octanol–water partition coefficient (Wildman–Crippen LogP) is 1.27. The highest BCUT2D eigenvalue weighted by Crippen LogP contribution is 2.05. The molecule has 0 aromatic rings. The molecular formula is C5H8NO4S. The van der Waals surface area contributed by atoms with Gasteiger partial charge in [0.1, 0.15) is 0 Å². The van der Waals surface area contributed by atoms with Crippen molar-refractivity contribution in [2.75, 3.05) is 12.8 Å². The highest BCUT2D eigenvalue weighted by atomic mass is 32.2. The average Bonchev–Trinajstić information content (AvgIpc) is 1.87. The molecule has 0 fully saturated rings. The number of hydrogen-bond acceptors (Lipinski definition) is 4. The van der Waals surface area contributed by atoms with Crippen molar-refractivity contribution in [3.05, 3.63) is 0 Å². The Morgan fingerprint density at radius 2 is 2.09 bits per heavy atom. The molecule has 0 spiro atoms. The number of nitrogens with zero attached hydrogens (tertiary/aromatic N) is 1. The number of amides is 1. The topological polar surface area (TPSA) is 66.5 Å². The fourth-order valence-electron chi connectivity index (χ4n) is 0.293. The van der Waals surface area contributed by atoms with Crippen LogP contribution in [0.4, 0.5) is 9.59 Å². The molecule has 0 saturated carbocycles. The van der Waals surface area contributed by atoms with Crippen molar-refractivity contribution in [3.8, 4) is 0 Å². The Balaban J connectivity index is 3.66. The molecule has 0 aromatic carbocycles. The van der Waals surface area contributed by atoms with Crippen LogP contribution in [0.1, 0.15) is 6.92 Å². The highest BCUT2D eigenvalue weighted by Gasteiger charge is 2.13. The Bertz CT molecular complexity index is 161. The van der Waals surface area contributed by atoms with Gasteiger partial charge in [0, 0.05) is 5.75 Å². The SMILES string of the molecule is CCSC(=O)ON(C)C([O])=O. The number of carbonyl (C=O) groups is 2. The molecule has 6 heteroatoms. The molecule has 0 N–H and O–H groups in total. The van der Waals surface area contributed by atoms with Gasteiger partial charge in [-0.25, -0.2) is 14.7 Å². The predicted molar refractivity (Wildman–Crippen MR) is 38.5 cm³/mol. The lowest BCUT2D eigenvalue weighted by atomic mass is 11.0. The number of rotatable bonds is 1. The van der Waals surface area contributed by atoms with Gasteiger partial charge in [-0.05, 0) is 11.8 Å². The summed E-state index contributed by atoms with van der Waals surface area (Å²) in [6.45, 7) is 1.75. The molecule has 0 heterocycles. The van der Waals surface area contributed by atoms with Crippen molar-refractivity contribution in [1.82, 2.24) is 5.06 Å². The molecule has 0 bridgehead atoms. The molecule has 0 aliphatic rings. The minimum absolute atomic E-state index is 0.352. The normalized spacial score (nSPS) is 8.91. The lowest BCUT2D eigenvalue weighted by molar-refractivity contribution is -0.0514. The van der Waals surface area contributed by atoms with Gasteiger partial charge in [0.05, 0.1) is 7.05 Å². The van der Waals surface area contributed by atoms with E-state index in [1.54, 1.807) is 6.92 Å². The maximum absolute atomic E-state index is 10.6. The molecule has 0 aromatic heterocycles. The van der Waals surface area contributed by atoms with Crippen molar-refractivity contribution in [2.24, 2.45) is 0 Å². The van der Waals surface area contributed by atoms with E-state index in [0.717, 1.165) is 18.8 Å². The quantitative estimate of drug-likeness (QED) is 0.567. The van der Waals surface area contributed by atoms with Crippen LogP contribution in [0.5, 0.6) is 0 Å². The third-order valence-electron chi connectivity index (χ3n) is 0.731. The largest absolute Gasteiger partial charge is 0.485 e. The second-order valence-electron chi connectivity index (χ2n) is 1.54. The first-order valence-electron chi connectivity index (χ1n) is 2.87. The van der Waals surface area contributed by atoms with Crippen molar-refractivity contribution >= 4 is 23.2 Å². The minimum atomic E-state index is -1.55. The van der Waals surface area contributed by atoms with Gasteiger partial charge in [-0.1, -0.05) is 6.92 Å². The number of hydroxylamine groups is 2. The van der Waals surface area contributed by atoms with Gasteiger partial charge in [-0.3, -0.25) is 0 Å². The fraction of sp³-hybridized carbons (Fsp3) is 0.600. The first-order valence-corrected chi connectivity index (χ1v) is 3.86. The van der Waals surface area contributed by atoms with E-state index in [-0.39, 0.29) is 0 Å². The second-order valence-corrected chi connectivity index (χ2v) is 2.74. The smallest absolute Gasteiger partial charge is 0.324 e. The molecule has 0 saturated heterocycles.